The zero-order valence-corrected chi connectivity index (χ0v) is 13.3. The maximum Gasteiger partial charge on any atom is 0.0517 e. The fraction of sp³-hybridized carbons (Fsp3) is 0.667. The zero-order chi connectivity index (χ0) is 14.8. The molecule has 0 saturated heterocycles. The topological polar surface area (TPSA) is 32.3 Å². The summed E-state index contributed by atoms with van der Waals surface area (Å²) in [5, 5.41) is 13.3. The van der Waals surface area contributed by atoms with E-state index < -0.39 is 0 Å². The van der Waals surface area contributed by atoms with Gasteiger partial charge in [-0.25, -0.2) is 0 Å². The van der Waals surface area contributed by atoms with Gasteiger partial charge in [-0.15, -0.1) is 0 Å². The van der Waals surface area contributed by atoms with Crippen LogP contribution in [0.25, 0.3) is 0 Å². The molecule has 0 heterocycles. The van der Waals surface area contributed by atoms with Gasteiger partial charge >= 0.3 is 0 Å². The molecule has 0 bridgehead atoms. The van der Waals surface area contributed by atoms with Gasteiger partial charge in [0.15, 0.2) is 0 Å². The van der Waals surface area contributed by atoms with Crippen molar-refractivity contribution in [2.75, 3.05) is 6.54 Å². The van der Waals surface area contributed by atoms with Gasteiger partial charge in [0.1, 0.15) is 0 Å². The molecule has 0 aromatic heterocycles. The third kappa shape index (κ3) is 4.60. The van der Waals surface area contributed by atoms with Crippen molar-refractivity contribution in [1.29, 1.82) is 0 Å². The lowest BCUT2D eigenvalue weighted by atomic mass is 9.86. The molecular weight excluding hydrogens is 246 g/mol. The van der Waals surface area contributed by atoms with Gasteiger partial charge in [-0.2, -0.15) is 0 Å². The first-order valence-corrected chi connectivity index (χ1v) is 7.85. The first-order chi connectivity index (χ1) is 9.37. The molecule has 1 aromatic rings. The van der Waals surface area contributed by atoms with E-state index in [2.05, 4.69) is 50.4 Å². The van der Waals surface area contributed by atoms with E-state index in [0.717, 1.165) is 18.9 Å². The van der Waals surface area contributed by atoms with Crippen LogP contribution in [0, 0.1) is 18.3 Å². The third-order valence-corrected chi connectivity index (χ3v) is 4.18. The number of aliphatic hydroxyl groups is 1. The minimum absolute atomic E-state index is 0.131. The first kappa shape index (κ1) is 15.5. The molecule has 112 valence electrons. The van der Waals surface area contributed by atoms with Crippen molar-refractivity contribution in [2.45, 2.75) is 59.1 Å². The van der Waals surface area contributed by atoms with Crippen molar-refractivity contribution in [3.05, 3.63) is 35.4 Å². The number of nitrogens with one attached hydrogen (secondary N) is 1. The number of hydrogen-bond acceptors (Lipinski definition) is 2. The number of aryl methyl sites for hydroxylation is 1. The van der Waals surface area contributed by atoms with Gasteiger partial charge in [-0.1, -0.05) is 43.7 Å². The largest absolute Gasteiger partial charge is 0.393 e. The van der Waals surface area contributed by atoms with E-state index in [1.165, 1.54) is 24.0 Å². The van der Waals surface area contributed by atoms with Crippen LogP contribution in [-0.2, 0) is 0 Å². The lowest BCUT2D eigenvalue weighted by Crippen LogP contribution is -2.35. The third-order valence-electron chi connectivity index (χ3n) is 4.18. The summed E-state index contributed by atoms with van der Waals surface area (Å²) in [7, 11) is 0. The molecule has 1 fully saturated rings. The summed E-state index contributed by atoms with van der Waals surface area (Å²) in [6, 6.07) is 9.39. The Hall–Kier alpha value is -0.860. The average molecular weight is 275 g/mol. The Bertz CT molecular complexity index is 418. The van der Waals surface area contributed by atoms with E-state index in [0.29, 0.717) is 6.04 Å². The maximum absolute atomic E-state index is 9.59. The Balaban J connectivity index is 1.98. The zero-order valence-electron chi connectivity index (χ0n) is 13.3. The summed E-state index contributed by atoms with van der Waals surface area (Å²) in [6.45, 7) is 9.42. The highest BCUT2D eigenvalue weighted by Crippen LogP contribution is 2.41. The summed E-state index contributed by atoms with van der Waals surface area (Å²) in [5.41, 5.74) is 2.86. The molecule has 1 aromatic carbocycles. The molecule has 2 rings (SSSR count). The smallest absolute Gasteiger partial charge is 0.0517 e. The molecule has 1 saturated carbocycles. The Labute approximate surface area is 123 Å². The molecule has 2 unspecified atom stereocenters. The van der Waals surface area contributed by atoms with Crippen molar-refractivity contribution in [3.63, 3.8) is 0 Å². The van der Waals surface area contributed by atoms with E-state index in [9.17, 15) is 5.11 Å². The highest BCUT2D eigenvalue weighted by atomic mass is 16.3. The van der Waals surface area contributed by atoms with Crippen LogP contribution in [-0.4, -0.2) is 17.8 Å². The molecule has 0 aliphatic heterocycles. The second-order valence-electron chi connectivity index (χ2n) is 7.32. The van der Waals surface area contributed by atoms with Gasteiger partial charge < -0.3 is 10.4 Å². The second kappa shape index (κ2) is 6.28. The van der Waals surface area contributed by atoms with Gasteiger partial charge in [0.05, 0.1) is 6.10 Å². The van der Waals surface area contributed by atoms with Crippen LogP contribution in [0.4, 0.5) is 0 Å². The van der Waals surface area contributed by atoms with Crippen LogP contribution in [0.3, 0.4) is 0 Å². The molecule has 1 aliphatic carbocycles. The van der Waals surface area contributed by atoms with Crippen LogP contribution < -0.4 is 5.32 Å². The summed E-state index contributed by atoms with van der Waals surface area (Å²) in [5.74, 6) is 0.792. The second-order valence-corrected chi connectivity index (χ2v) is 7.32. The van der Waals surface area contributed by atoms with Crippen molar-refractivity contribution in [2.24, 2.45) is 11.3 Å². The summed E-state index contributed by atoms with van der Waals surface area (Å²) in [6.07, 6.45) is 3.28. The monoisotopic (exact) mass is 275 g/mol. The van der Waals surface area contributed by atoms with E-state index in [4.69, 9.17) is 0 Å². The quantitative estimate of drug-likeness (QED) is 0.792. The lowest BCUT2D eigenvalue weighted by molar-refractivity contribution is 0.126. The van der Waals surface area contributed by atoms with Crippen LogP contribution >= 0.6 is 0 Å². The van der Waals surface area contributed by atoms with E-state index in [1.807, 2.05) is 6.92 Å². The van der Waals surface area contributed by atoms with Crippen molar-refractivity contribution in [3.8, 4) is 0 Å². The molecule has 2 nitrogen and oxygen atoms in total. The molecule has 2 atom stereocenters. The molecule has 0 radical (unpaired) electrons. The molecule has 2 N–H and O–H groups in total. The molecule has 20 heavy (non-hydrogen) atoms. The standard InChI is InChI=1S/C18H29NO/c1-13-5-7-15(8-6-13)17(16-9-10-16)19-12-18(3,4)11-14(2)20/h5-8,14,16-17,19-20H,9-12H2,1-4H3. The number of rotatable bonds is 7. The molecule has 2 heteroatoms. The predicted octanol–water partition coefficient (Wildman–Crippen LogP) is 3.83. The fourth-order valence-corrected chi connectivity index (χ4v) is 3.02. The van der Waals surface area contributed by atoms with E-state index >= 15 is 0 Å². The van der Waals surface area contributed by atoms with Crippen molar-refractivity contribution >= 4 is 0 Å². The average Bonchev–Trinajstić information content (AvgIpc) is 3.14. The van der Waals surface area contributed by atoms with Crippen LogP contribution in [0.2, 0.25) is 0 Å². The highest BCUT2D eigenvalue weighted by molar-refractivity contribution is 5.25. The lowest BCUT2D eigenvalue weighted by Gasteiger charge is -2.30. The number of hydrogen-bond donors (Lipinski definition) is 2. The molecular formula is C18H29NO. The van der Waals surface area contributed by atoms with Gasteiger partial charge in [-0.05, 0) is 50.0 Å². The highest BCUT2D eigenvalue weighted by Gasteiger charge is 2.33. The number of benzene rings is 1. The van der Waals surface area contributed by atoms with Crippen molar-refractivity contribution in [1.82, 2.24) is 5.32 Å². The molecule has 1 aliphatic rings. The fourth-order valence-electron chi connectivity index (χ4n) is 3.02. The minimum Gasteiger partial charge on any atom is -0.393 e. The van der Waals surface area contributed by atoms with Gasteiger partial charge in [0, 0.05) is 12.6 Å². The summed E-state index contributed by atoms with van der Waals surface area (Å²) >= 11 is 0. The number of aliphatic hydroxyl groups excluding tert-OH is 1. The SMILES string of the molecule is Cc1ccc(C(NCC(C)(C)CC(C)O)C2CC2)cc1. The summed E-state index contributed by atoms with van der Waals surface area (Å²) < 4.78 is 0. The summed E-state index contributed by atoms with van der Waals surface area (Å²) in [4.78, 5) is 0. The van der Waals surface area contributed by atoms with Crippen LogP contribution in [0.1, 0.15) is 57.2 Å². The Morgan fingerprint density at radius 1 is 1.25 bits per heavy atom. The van der Waals surface area contributed by atoms with Crippen molar-refractivity contribution < 1.29 is 5.11 Å². The van der Waals surface area contributed by atoms with Crippen LogP contribution in [0.15, 0.2) is 24.3 Å². The first-order valence-electron chi connectivity index (χ1n) is 7.85. The normalized spacial score (nSPS) is 18.9. The van der Waals surface area contributed by atoms with E-state index in [1.54, 1.807) is 0 Å². The maximum atomic E-state index is 9.59. The van der Waals surface area contributed by atoms with Gasteiger partial charge in [0.25, 0.3) is 0 Å². The van der Waals surface area contributed by atoms with Gasteiger partial charge in [-0.3, -0.25) is 0 Å². The molecule has 0 amide bonds. The van der Waals surface area contributed by atoms with E-state index in [-0.39, 0.29) is 11.5 Å². The predicted molar refractivity (Wildman–Crippen MR) is 84.7 cm³/mol. The minimum atomic E-state index is -0.231. The van der Waals surface area contributed by atoms with Crippen LogP contribution in [0.5, 0.6) is 0 Å². The Morgan fingerprint density at radius 3 is 2.35 bits per heavy atom. The van der Waals surface area contributed by atoms with Gasteiger partial charge in [0.2, 0.25) is 0 Å². The Kier molecular flexibility index (Phi) is 4.87. The molecule has 0 spiro atoms. The Morgan fingerprint density at radius 2 is 1.85 bits per heavy atom.